The van der Waals surface area contributed by atoms with Gasteiger partial charge in [0.2, 0.25) is 0 Å². The van der Waals surface area contributed by atoms with Gasteiger partial charge in [-0.2, -0.15) is 26.3 Å². The summed E-state index contributed by atoms with van der Waals surface area (Å²) in [5, 5.41) is 12.2. The first kappa shape index (κ1) is 18.6. The third-order valence-corrected chi connectivity index (χ3v) is 3.24. The van der Waals surface area contributed by atoms with Gasteiger partial charge in [0.05, 0.1) is 0 Å². The van der Waals surface area contributed by atoms with Gasteiger partial charge < -0.3 is 10.4 Å². The van der Waals surface area contributed by atoms with Crippen molar-refractivity contribution in [1.82, 2.24) is 5.32 Å². The molecule has 0 radical (unpaired) electrons. The molecule has 1 aliphatic carbocycles. The molecule has 0 aromatic rings. The first-order chi connectivity index (χ1) is 10.0. The number of unbranched alkanes of at least 4 members (excludes halogenated alkanes) is 1. The van der Waals surface area contributed by atoms with Crippen molar-refractivity contribution in [1.29, 1.82) is 0 Å². The highest BCUT2D eigenvalue weighted by molar-refractivity contribution is 5.36. The van der Waals surface area contributed by atoms with E-state index < -0.39 is 29.9 Å². The van der Waals surface area contributed by atoms with Crippen LogP contribution in [-0.4, -0.2) is 29.6 Å². The van der Waals surface area contributed by atoms with Crippen LogP contribution in [0.5, 0.6) is 0 Å². The lowest BCUT2D eigenvalue weighted by Crippen LogP contribution is -2.58. The van der Waals surface area contributed by atoms with Gasteiger partial charge in [0.1, 0.15) is 0 Å². The molecule has 1 aliphatic rings. The molecule has 0 fully saturated rings. The van der Waals surface area contributed by atoms with Crippen LogP contribution in [0.3, 0.4) is 0 Å². The third kappa shape index (κ3) is 3.85. The van der Waals surface area contributed by atoms with E-state index in [1.807, 2.05) is 6.92 Å². The summed E-state index contributed by atoms with van der Waals surface area (Å²) in [7, 11) is 0. The van der Waals surface area contributed by atoms with Crippen LogP contribution in [0.1, 0.15) is 26.2 Å². The van der Waals surface area contributed by atoms with Gasteiger partial charge in [0, 0.05) is 12.2 Å². The van der Waals surface area contributed by atoms with Crippen molar-refractivity contribution in [3.8, 4) is 0 Å². The maximum Gasteiger partial charge on any atom is 0.430 e. The Balaban J connectivity index is 3.11. The molecule has 1 rings (SSSR count). The van der Waals surface area contributed by atoms with E-state index >= 15 is 0 Å². The third-order valence-electron chi connectivity index (χ3n) is 3.24. The number of allylic oxidation sites excluding steroid dienone is 4. The SMILES string of the molecule is CCCCNC1=CC=C(C(O)(C(F)(F)F)C(F)(F)F)CC=C1. The average molecular weight is 329 g/mol. The number of hydrogen-bond acceptors (Lipinski definition) is 2. The van der Waals surface area contributed by atoms with Crippen LogP contribution in [0.2, 0.25) is 0 Å². The Bertz CT molecular complexity index is 459. The zero-order valence-electron chi connectivity index (χ0n) is 11.9. The summed E-state index contributed by atoms with van der Waals surface area (Å²) in [5.41, 5.74) is -5.61. The van der Waals surface area contributed by atoms with E-state index in [1.165, 1.54) is 6.08 Å². The molecule has 8 heteroatoms. The molecule has 0 atom stereocenters. The zero-order valence-corrected chi connectivity index (χ0v) is 11.9. The van der Waals surface area contributed by atoms with Crippen LogP contribution < -0.4 is 5.32 Å². The van der Waals surface area contributed by atoms with E-state index in [0.29, 0.717) is 18.3 Å². The van der Waals surface area contributed by atoms with Gasteiger partial charge >= 0.3 is 12.4 Å². The monoisotopic (exact) mass is 329 g/mol. The molecule has 0 aliphatic heterocycles. The van der Waals surface area contributed by atoms with E-state index in [9.17, 15) is 31.4 Å². The Morgan fingerprint density at radius 3 is 2.18 bits per heavy atom. The normalized spacial score (nSPS) is 16.9. The molecule has 22 heavy (non-hydrogen) atoms. The van der Waals surface area contributed by atoms with Gasteiger partial charge in [0.15, 0.2) is 0 Å². The Kier molecular flexibility index (Phi) is 5.72. The molecule has 0 saturated carbocycles. The lowest BCUT2D eigenvalue weighted by Gasteiger charge is -2.34. The van der Waals surface area contributed by atoms with Gasteiger partial charge in [-0.3, -0.25) is 0 Å². The highest BCUT2D eigenvalue weighted by Gasteiger charge is 2.71. The number of nitrogens with one attached hydrogen (secondary N) is 1. The molecule has 2 nitrogen and oxygen atoms in total. The lowest BCUT2D eigenvalue weighted by molar-refractivity contribution is -0.352. The average Bonchev–Trinajstić information content (AvgIpc) is 2.61. The van der Waals surface area contributed by atoms with Crippen molar-refractivity contribution in [2.75, 3.05) is 6.54 Å². The van der Waals surface area contributed by atoms with Crippen LogP contribution in [0.25, 0.3) is 0 Å². The number of halogens is 6. The second-order valence-corrected chi connectivity index (χ2v) is 4.91. The van der Waals surface area contributed by atoms with E-state index in [2.05, 4.69) is 5.32 Å². The first-order valence-electron chi connectivity index (χ1n) is 6.71. The smallest absolute Gasteiger partial charge is 0.385 e. The van der Waals surface area contributed by atoms with Crippen molar-refractivity contribution in [2.45, 2.75) is 44.1 Å². The maximum absolute atomic E-state index is 12.8. The quantitative estimate of drug-likeness (QED) is 0.590. The molecule has 2 N–H and O–H groups in total. The predicted molar refractivity (Wildman–Crippen MR) is 69.9 cm³/mol. The Morgan fingerprint density at radius 2 is 1.68 bits per heavy atom. The van der Waals surface area contributed by atoms with Gasteiger partial charge in [-0.25, -0.2) is 0 Å². The maximum atomic E-state index is 12.8. The summed E-state index contributed by atoms with van der Waals surface area (Å²) in [6, 6.07) is 0. The number of alkyl halides is 6. The number of hydrogen-bond donors (Lipinski definition) is 2. The molecule has 126 valence electrons. The highest BCUT2D eigenvalue weighted by Crippen LogP contribution is 2.48. The Labute approximate surface area is 124 Å². The summed E-state index contributed by atoms with van der Waals surface area (Å²) in [6.45, 7) is 2.50. The summed E-state index contributed by atoms with van der Waals surface area (Å²) in [5.74, 6) is 0. The van der Waals surface area contributed by atoms with Crippen molar-refractivity contribution in [3.05, 3.63) is 35.6 Å². The van der Waals surface area contributed by atoms with Crippen LogP contribution in [-0.2, 0) is 0 Å². The second-order valence-electron chi connectivity index (χ2n) is 4.91. The van der Waals surface area contributed by atoms with E-state index in [1.54, 1.807) is 0 Å². The van der Waals surface area contributed by atoms with Gasteiger partial charge in [-0.1, -0.05) is 25.5 Å². The van der Waals surface area contributed by atoms with E-state index in [4.69, 9.17) is 0 Å². The Morgan fingerprint density at radius 1 is 1.09 bits per heavy atom. The molecule has 0 saturated heterocycles. The number of rotatable bonds is 5. The van der Waals surface area contributed by atoms with Gasteiger partial charge in [-0.05, 0) is 30.6 Å². The second kappa shape index (κ2) is 6.76. The zero-order chi connectivity index (χ0) is 17.0. The summed E-state index contributed by atoms with van der Waals surface area (Å²) in [4.78, 5) is 0. The molecule has 0 bridgehead atoms. The molecule has 0 amide bonds. The van der Waals surface area contributed by atoms with Crippen LogP contribution in [0.4, 0.5) is 26.3 Å². The van der Waals surface area contributed by atoms with E-state index in [-0.39, 0.29) is 0 Å². The molecular weight excluding hydrogens is 312 g/mol. The van der Waals surface area contributed by atoms with Gasteiger partial charge in [0.25, 0.3) is 5.60 Å². The van der Waals surface area contributed by atoms with Crippen molar-refractivity contribution in [3.63, 3.8) is 0 Å². The van der Waals surface area contributed by atoms with Crippen LogP contribution in [0.15, 0.2) is 35.6 Å². The van der Waals surface area contributed by atoms with Crippen molar-refractivity contribution in [2.24, 2.45) is 0 Å². The lowest BCUT2D eigenvalue weighted by atomic mass is 9.89. The number of aliphatic hydroxyl groups is 1. The minimum atomic E-state index is -5.85. The topological polar surface area (TPSA) is 32.3 Å². The fraction of sp³-hybridized carbons (Fsp3) is 0.571. The van der Waals surface area contributed by atoms with Crippen molar-refractivity contribution >= 4 is 0 Å². The molecular formula is C14H17F6NO. The standard InChI is InChI=1S/C14H17F6NO/c1-2-3-9-21-11-6-4-5-10(7-8-11)12(22,13(15,16)17)14(18,19)20/h4,6-8,21-22H,2-3,5,9H2,1H3. The summed E-state index contributed by atoms with van der Waals surface area (Å²) in [6.07, 6.45) is -6.29. The first-order valence-corrected chi connectivity index (χ1v) is 6.71. The molecule has 0 heterocycles. The minimum Gasteiger partial charge on any atom is -0.385 e. The van der Waals surface area contributed by atoms with Crippen LogP contribution >= 0.6 is 0 Å². The molecule has 0 aromatic heterocycles. The summed E-state index contributed by atoms with van der Waals surface area (Å²) >= 11 is 0. The molecule has 0 aromatic carbocycles. The molecule has 0 unspecified atom stereocenters. The highest BCUT2D eigenvalue weighted by atomic mass is 19.4. The van der Waals surface area contributed by atoms with Crippen LogP contribution in [0, 0.1) is 0 Å². The predicted octanol–water partition coefficient (Wildman–Crippen LogP) is 4.00. The minimum absolute atomic E-state index is 0.398. The fourth-order valence-electron chi connectivity index (χ4n) is 1.95. The fourth-order valence-corrected chi connectivity index (χ4v) is 1.95. The summed E-state index contributed by atoms with van der Waals surface area (Å²) < 4.78 is 76.8. The Hall–Kier alpha value is -1.44. The molecule has 0 spiro atoms. The van der Waals surface area contributed by atoms with Gasteiger partial charge in [-0.15, -0.1) is 0 Å². The largest absolute Gasteiger partial charge is 0.430 e. The van der Waals surface area contributed by atoms with Crippen molar-refractivity contribution < 1.29 is 31.4 Å². The van der Waals surface area contributed by atoms with E-state index in [0.717, 1.165) is 25.0 Å².